The number of imidazole rings is 1. The predicted octanol–water partition coefficient (Wildman–Crippen LogP) is 6.71. The van der Waals surface area contributed by atoms with E-state index in [0.29, 0.717) is 12.0 Å². The molecule has 0 fully saturated rings. The summed E-state index contributed by atoms with van der Waals surface area (Å²) in [6, 6.07) is 11.6. The monoisotopic (exact) mass is 480 g/mol. The lowest BCUT2D eigenvalue weighted by Gasteiger charge is -2.20. The molecule has 4 nitrogen and oxygen atoms in total. The fourth-order valence-corrected chi connectivity index (χ4v) is 5.44. The van der Waals surface area contributed by atoms with Crippen LogP contribution in [0.2, 0.25) is 0 Å². The van der Waals surface area contributed by atoms with Crippen LogP contribution in [0.1, 0.15) is 76.6 Å². The zero-order chi connectivity index (χ0) is 22.3. The Bertz CT molecular complexity index is 1270. The average molecular weight is 481 g/mol. The number of hydrogen-bond donors (Lipinski definition) is 1. The van der Waals surface area contributed by atoms with Crippen LogP contribution in [0.5, 0.6) is 0 Å². The van der Waals surface area contributed by atoms with Gasteiger partial charge in [0.1, 0.15) is 11.3 Å². The first-order chi connectivity index (χ1) is 14.9. The standard InChI is InChI=1S/C26H33BrN4/c1-6-8-19(9-7-2)30-24(15-28)23-14-21(26-29-17(5)12-25(30)31(23)26)20-11-10-18(16(3)4)13-22(20)27/h10-16,19H,6-9,28H2,1-5H3. The Labute approximate surface area is 193 Å². The SMILES string of the molecule is CCCC(CCC)n1c(=CN)c2cc(-c3ccc(C(C)C)cc3Br)c3nc(C)cc1n32. The normalized spacial score (nSPS) is 13.0. The molecule has 0 aliphatic heterocycles. The molecular formula is C26H33BrN4. The fourth-order valence-electron chi connectivity index (χ4n) is 4.83. The quantitative estimate of drug-likeness (QED) is 0.319. The summed E-state index contributed by atoms with van der Waals surface area (Å²) >= 11 is 3.82. The number of nitrogens with zero attached hydrogens (tertiary/aromatic N) is 3. The van der Waals surface area contributed by atoms with Crippen molar-refractivity contribution in [2.24, 2.45) is 5.73 Å². The molecule has 5 heteroatoms. The molecule has 0 spiro atoms. The van der Waals surface area contributed by atoms with E-state index in [9.17, 15) is 0 Å². The van der Waals surface area contributed by atoms with Crippen LogP contribution >= 0.6 is 15.9 Å². The van der Waals surface area contributed by atoms with E-state index in [1.165, 1.54) is 16.8 Å². The number of benzene rings is 1. The number of nitrogens with two attached hydrogens (primary N) is 1. The molecule has 4 aromatic rings. The molecule has 164 valence electrons. The second-order valence-electron chi connectivity index (χ2n) is 8.91. The van der Waals surface area contributed by atoms with Crippen LogP contribution in [0.15, 0.2) is 34.8 Å². The lowest BCUT2D eigenvalue weighted by molar-refractivity contribution is 0.430. The van der Waals surface area contributed by atoms with Gasteiger partial charge in [0.15, 0.2) is 0 Å². The summed E-state index contributed by atoms with van der Waals surface area (Å²) in [5, 5.41) is 1.09. The summed E-state index contributed by atoms with van der Waals surface area (Å²) < 4.78 is 5.85. The first-order valence-electron chi connectivity index (χ1n) is 11.5. The maximum Gasteiger partial charge on any atom is 0.147 e. The molecule has 0 saturated carbocycles. The largest absolute Gasteiger partial charge is 0.403 e. The molecule has 0 radical (unpaired) electrons. The topological polar surface area (TPSA) is 48.2 Å². The van der Waals surface area contributed by atoms with Gasteiger partial charge in [-0.15, -0.1) is 0 Å². The summed E-state index contributed by atoms with van der Waals surface area (Å²) in [6.45, 7) is 11.0. The van der Waals surface area contributed by atoms with Gasteiger partial charge in [0.05, 0.1) is 10.9 Å². The smallest absolute Gasteiger partial charge is 0.147 e. The van der Waals surface area contributed by atoms with Gasteiger partial charge in [-0.25, -0.2) is 4.98 Å². The van der Waals surface area contributed by atoms with Crippen LogP contribution in [0.4, 0.5) is 0 Å². The zero-order valence-electron chi connectivity index (χ0n) is 19.2. The Hall–Kier alpha value is -2.27. The number of aromatic nitrogens is 3. The molecular weight excluding hydrogens is 448 g/mol. The van der Waals surface area contributed by atoms with Crippen molar-refractivity contribution in [3.8, 4) is 11.1 Å². The molecule has 2 N–H and O–H groups in total. The van der Waals surface area contributed by atoms with Crippen molar-refractivity contribution in [3.05, 3.63) is 51.4 Å². The van der Waals surface area contributed by atoms with Crippen molar-refractivity contribution in [1.82, 2.24) is 14.0 Å². The van der Waals surface area contributed by atoms with Crippen molar-refractivity contribution in [2.75, 3.05) is 0 Å². The molecule has 0 aliphatic carbocycles. The number of hydrogen-bond acceptors (Lipinski definition) is 2. The van der Waals surface area contributed by atoms with Gasteiger partial charge in [0.2, 0.25) is 0 Å². The summed E-state index contributed by atoms with van der Waals surface area (Å²) in [5.74, 6) is 0.493. The van der Waals surface area contributed by atoms with Crippen molar-refractivity contribution < 1.29 is 0 Å². The van der Waals surface area contributed by atoms with Gasteiger partial charge in [0, 0.05) is 34.0 Å². The van der Waals surface area contributed by atoms with Crippen LogP contribution < -0.4 is 11.1 Å². The van der Waals surface area contributed by atoms with E-state index in [2.05, 4.69) is 89.8 Å². The third kappa shape index (κ3) is 3.67. The molecule has 3 aromatic heterocycles. The van der Waals surface area contributed by atoms with E-state index in [-0.39, 0.29) is 0 Å². The molecule has 0 saturated heterocycles. The van der Waals surface area contributed by atoms with E-state index in [1.54, 1.807) is 6.20 Å². The Morgan fingerprint density at radius 3 is 2.35 bits per heavy atom. The van der Waals surface area contributed by atoms with Gasteiger partial charge in [-0.05, 0) is 48.9 Å². The van der Waals surface area contributed by atoms with E-state index >= 15 is 0 Å². The molecule has 3 heterocycles. The highest BCUT2D eigenvalue weighted by Crippen LogP contribution is 2.36. The zero-order valence-corrected chi connectivity index (χ0v) is 20.8. The van der Waals surface area contributed by atoms with Crippen molar-refractivity contribution in [1.29, 1.82) is 0 Å². The molecule has 4 rings (SSSR count). The lowest BCUT2D eigenvalue weighted by Crippen LogP contribution is -2.23. The Morgan fingerprint density at radius 1 is 1.06 bits per heavy atom. The van der Waals surface area contributed by atoms with E-state index in [0.717, 1.165) is 57.9 Å². The van der Waals surface area contributed by atoms with Gasteiger partial charge in [-0.3, -0.25) is 4.40 Å². The van der Waals surface area contributed by atoms with Crippen LogP contribution in [0, 0.1) is 6.92 Å². The minimum Gasteiger partial charge on any atom is -0.403 e. The minimum absolute atomic E-state index is 0.440. The second kappa shape index (κ2) is 8.70. The minimum atomic E-state index is 0.440. The molecule has 0 bridgehead atoms. The number of rotatable bonds is 7. The molecule has 0 aliphatic rings. The third-order valence-electron chi connectivity index (χ3n) is 6.31. The van der Waals surface area contributed by atoms with Gasteiger partial charge < -0.3 is 10.3 Å². The van der Waals surface area contributed by atoms with E-state index < -0.39 is 0 Å². The predicted molar refractivity (Wildman–Crippen MR) is 135 cm³/mol. The highest BCUT2D eigenvalue weighted by molar-refractivity contribution is 9.10. The first-order valence-corrected chi connectivity index (χ1v) is 12.2. The fraction of sp³-hybridized carbons (Fsp3) is 0.423. The maximum absolute atomic E-state index is 6.23. The molecule has 0 atom stereocenters. The maximum atomic E-state index is 6.23. The van der Waals surface area contributed by atoms with Gasteiger partial charge in [-0.2, -0.15) is 0 Å². The van der Waals surface area contributed by atoms with Gasteiger partial charge in [-0.1, -0.05) is 68.6 Å². The van der Waals surface area contributed by atoms with Gasteiger partial charge in [0.25, 0.3) is 0 Å². The summed E-state index contributed by atoms with van der Waals surface area (Å²) in [4.78, 5) is 4.97. The summed E-state index contributed by atoms with van der Waals surface area (Å²) in [7, 11) is 0. The van der Waals surface area contributed by atoms with Gasteiger partial charge >= 0.3 is 0 Å². The van der Waals surface area contributed by atoms with Crippen molar-refractivity contribution in [2.45, 2.75) is 72.3 Å². The van der Waals surface area contributed by atoms with Crippen molar-refractivity contribution >= 4 is 38.9 Å². The lowest BCUT2D eigenvalue weighted by atomic mass is 9.99. The van der Waals surface area contributed by atoms with Crippen molar-refractivity contribution in [3.63, 3.8) is 0 Å². The highest BCUT2D eigenvalue weighted by atomic mass is 79.9. The van der Waals surface area contributed by atoms with E-state index in [1.807, 2.05) is 0 Å². The molecule has 31 heavy (non-hydrogen) atoms. The Kier molecular flexibility index (Phi) is 6.16. The van der Waals surface area contributed by atoms with Crippen LogP contribution in [0.25, 0.3) is 34.1 Å². The Morgan fingerprint density at radius 2 is 1.77 bits per heavy atom. The third-order valence-corrected chi connectivity index (χ3v) is 6.97. The highest BCUT2D eigenvalue weighted by Gasteiger charge is 2.22. The number of halogens is 1. The van der Waals surface area contributed by atoms with Crippen LogP contribution in [0.3, 0.4) is 0 Å². The second-order valence-corrected chi connectivity index (χ2v) is 9.76. The summed E-state index contributed by atoms with van der Waals surface area (Å²) in [6.07, 6.45) is 6.38. The summed E-state index contributed by atoms with van der Waals surface area (Å²) in [5.41, 5.74) is 14.2. The molecule has 1 aromatic carbocycles. The van der Waals surface area contributed by atoms with Crippen LogP contribution in [-0.4, -0.2) is 14.0 Å². The van der Waals surface area contributed by atoms with Crippen LogP contribution in [-0.2, 0) is 0 Å². The first kappa shape index (κ1) is 21.9. The molecule has 0 amide bonds. The van der Waals surface area contributed by atoms with E-state index in [4.69, 9.17) is 10.7 Å². The Balaban J connectivity index is 2.03. The molecule has 0 unspecified atom stereocenters. The average Bonchev–Trinajstić information content (AvgIpc) is 3.24. The number of aryl methyl sites for hydroxylation is 1.